The fourth-order valence-corrected chi connectivity index (χ4v) is 2.26. The molecule has 0 aromatic heterocycles. The van der Waals surface area contributed by atoms with Gasteiger partial charge in [-0.05, 0) is 39.8 Å². The van der Waals surface area contributed by atoms with Crippen LogP contribution in [0, 0.1) is 0 Å². The highest BCUT2D eigenvalue weighted by molar-refractivity contribution is 5.94. The third kappa shape index (κ3) is 4.38. The predicted molar refractivity (Wildman–Crippen MR) is 82.1 cm³/mol. The zero-order chi connectivity index (χ0) is 16.9. The number of esters is 1. The summed E-state index contributed by atoms with van der Waals surface area (Å²) in [6.45, 7) is 7.23. The molecule has 0 aliphatic carbocycles. The lowest BCUT2D eigenvalue weighted by Crippen LogP contribution is -2.44. The highest BCUT2D eigenvalue weighted by Gasteiger charge is 2.22. The number of benzene rings is 1. The standard InChI is InChI=1S/C16H23NO5/c1-10(2)17(11(3)4)15(19)9-22-16(20)13-7-6-12(21-5)8-14(13)18/h6-8,10-11,18H,9H2,1-5H3. The Balaban J connectivity index is 2.72. The van der Waals surface area contributed by atoms with E-state index in [-0.39, 0.29) is 35.9 Å². The third-order valence-electron chi connectivity index (χ3n) is 3.15. The minimum Gasteiger partial charge on any atom is -0.507 e. The minimum atomic E-state index is -0.749. The lowest BCUT2D eigenvalue weighted by atomic mass is 10.2. The second-order valence-electron chi connectivity index (χ2n) is 5.45. The molecule has 0 aliphatic rings. The molecule has 0 unspecified atom stereocenters. The molecule has 1 N–H and O–H groups in total. The van der Waals surface area contributed by atoms with Gasteiger partial charge in [-0.1, -0.05) is 0 Å². The van der Waals surface area contributed by atoms with E-state index in [1.165, 1.54) is 25.3 Å². The molecule has 1 amide bonds. The topological polar surface area (TPSA) is 76.1 Å². The number of methoxy groups -OCH3 is 1. The van der Waals surface area contributed by atoms with Gasteiger partial charge in [-0.25, -0.2) is 4.79 Å². The Bertz CT molecular complexity index is 531. The van der Waals surface area contributed by atoms with Gasteiger partial charge in [0, 0.05) is 18.2 Å². The number of carbonyl (C=O) groups excluding carboxylic acids is 2. The van der Waals surface area contributed by atoms with E-state index in [1.54, 1.807) is 4.90 Å². The second kappa shape index (κ2) is 7.68. The number of amides is 1. The Hall–Kier alpha value is -2.24. The van der Waals surface area contributed by atoms with Crippen molar-refractivity contribution in [3.05, 3.63) is 23.8 Å². The molecule has 0 aliphatic heterocycles. The number of ether oxygens (including phenoxy) is 2. The average Bonchev–Trinajstić information content (AvgIpc) is 2.43. The molecule has 1 aromatic carbocycles. The quantitative estimate of drug-likeness (QED) is 0.815. The van der Waals surface area contributed by atoms with Gasteiger partial charge in [0.25, 0.3) is 5.91 Å². The number of hydrogen-bond acceptors (Lipinski definition) is 5. The van der Waals surface area contributed by atoms with Crippen LogP contribution in [0.1, 0.15) is 38.1 Å². The zero-order valence-corrected chi connectivity index (χ0v) is 13.6. The van der Waals surface area contributed by atoms with Crippen molar-refractivity contribution < 1.29 is 24.2 Å². The van der Waals surface area contributed by atoms with Crippen molar-refractivity contribution in [2.45, 2.75) is 39.8 Å². The first kappa shape index (κ1) is 17.8. The summed E-state index contributed by atoms with van der Waals surface area (Å²) < 4.78 is 9.93. The second-order valence-corrected chi connectivity index (χ2v) is 5.45. The minimum absolute atomic E-state index is 0.00533. The highest BCUT2D eigenvalue weighted by Crippen LogP contribution is 2.24. The van der Waals surface area contributed by atoms with E-state index in [2.05, 4.69) is 0 Å². The summed E-state index contributed by atoms with van der Waals surface area (Å²) >= 11 is 0. The lowest BCUT2D eigenvalue weighted by molar-refractivity contribution is -0.138. The van der Waals surface area contributed by atoms with Crippen LogP contribution in [0.5, 0.6) is 11.5 Å². The maximum absolute atomic E-state index is 12.1. The molecule has 0 spiro atoms. The number of hydrogen-bond donors (Lipinski definition) is 1. The van der Waals surface area contributed by atoms with Crippen molar-refractivity contribution in [3.8, 4) is 11.5 Å². The largest absolute Gasteiger partial charge is 0.507 e. The summed E-state index contributed by atoms with van der Waals surface area (Å²) in [6, 6.07) is 4.27. The summed E-state index contributed by atoms with van der Waals surface area (Å²) in [7, 11) is 1.46. The summed E-state index contributed by atoms with van der Waals surface area (Å²) in [4.78, 5) is 25.7. The van der Waals surface area contributed by atoms with Crippen LogP contribution in [-0.2, 0) is 9.53 Å². The molecule has 0 atom stereocenters. The Morgan fingerprint density at radius 2 is 1.77 bits per heavy atom. The number of nitrogens with zero attached hydrogens (tertiary/aromatic N) is 1. The first-order valence-electron chi connectivity index (χ1n) is 7.13. The van der Waals surface area contributed by atoms with E-state index in [1.807, 2.05) is 27.7 Å². The van der Waals surface area contributed by atoms with Crippen molar-refractivity contribution >= 4 is 11.9 Å². The van der Waals surface area contributed by atoms with Crippen LogP contribution in [0.15, 0.2) is 18.2 Å². The molecule has 0 heterocycles. The van der Waals surface area contributed by atoms with Crippen LogP contribution in [0.4, 0.5) is 0 Å². The number of carbonyl (C=O) groups is 2. The molecule has 0 saturated carbocycles. The van der Waals surface area contributed by atoms with Crippen molar-refractivity contribution in [1.29, 1.82) is 0 Å². The Kier molecular flexibility index (Phi) is 6.22. The van der Waals surface area contributed by atoms with Crippen molar-refractivity contribution in [3.63, 3.8) is 0 Å². The number of aromatic hydroxyl groups is 1. The average molecular weight is 309 g/mol. The van der Waals surface area contributed by atoms with E-state index in [4.69, 9.17) is 9.47 Å². The van der Waals surface area contributed by atoms with Crippen LogP contribution in [0.25, 0.3) is 0 Å². The first-order chi connectivity index (χ1) is 10.3. The van der Waals surface area contributed by atoms with E-state index in [0.29, 0.717) is 5.75 Å². The van der Waals surface area contributed by atoms with Gasteiger partial charge in [-0.15, -0.1) is 0 Å². The van der Waals surface area contributed by atoms with Gasteiger partial charge in [-0.2, -0.15) is 0 Å². The molecule has 1 aromatic rings. The Morgan fingerprint density at radius 3 is 2.23 bits per heavy atom. The molecule has 6 heteroatoms. The maximum Gasteiger partial charge on any atom is 0.342 e. The normalized spacial score (nSPS) is 10.7. The molecule has 0 radical (unpaired) electrons. The molecular formula is C16H23NO5. The van der Waals surface area contributed by atoms with Crippen LogP contribution in [-0.4, -0.2) is 47.7 Å². The van der Waals surface area contributed by atoms with E-state index in [9.17, 15) is 14.7 Å². The summed E-state index contributed by atoms with van der Waals surface area (Å²) in [5, 5.41) is 9.77. The smallest absolute Gasteiger partial charge is 0.342 e. The van der Waals surface area contributed by atoms with Crippen LogP contribution in [0.2, 0.25) is 0 Å². The van der Waals surface area contributed by atoms with Gasteiger partial charge in [0.1, 0.15) is 17.1 Å². The van der Waals surface area contributed by atoms with Crippen molar-refractivity contribution in [2.75, 3.05) is 13.7 Å². The zero-order valence-electron chi connectivity index (χ0n) is 13.6. The van der Waals surface area contributed by atoms with Crippen molar-refractivity contribution in [2.24, 2.45) is 0 Å². The maximum atomic E-state index is 12.1. The summed E-state index contributed by atoms with van der Waals surface area (Å²) in [6.07, 6.45) is 0. The van der Waals surface area contributed by atoms with Gasteiger partial charge in [-0.3, -0.25) is 4.79 Å². The molecular weight excluding hydrogens is 286 g/mol. The van der Waals surface area contributed by atoms with Crippen LogP contribution < -0.4 is 4.74 Å². The van der Waals surface area contributed by atoms with Crippen LogP contribution >= 0.6 is 0 Å². The van der Waals surface area contributed by atoms with Gasteiger partial charge in [0.05, 0.1) is 7.11 Å². The number of rotatable bonds is 6. The van der Waals surface area contributed by atoms with Crippen LogP contribution in [0.3, 0.4) is 0 Å². The molecule has 22 heavy (non-hydrogen) atoms. The van der Waals surface area contributed by atoms with E-state index >= 15 is 0 Å². The third-order valence-corrected chi connectivity index (χ3v) is 3.15. The Labute approximate surface area is 130 Å². The lowest BCUT2D eigenvalue weighted by Gasteiger charge is -2.30. The summed E-state index contributed by atoms with van der Waals surface area (Å²) in [5.74, 6) is -0.843. The molecule has 0 saturated heterocycles. The fraction of sp³-hybridized carbons (Fsp3) is 0.500. The molecule has 0 bridgehead atoms. The van der Waals surface area contributed by atoms with E-state index in [0.717, 1.165) is 0 Å². The van der Waals surface area contributed by atoms with Gasteiger partial charge >= 0.3 is 5.97 Å². The SMILES string of the molecule is COc1ccc(C(=O)OCC(=O)N(C(C)C)C(C)C)c(O)c1. The monoisotopic (exact) mass is 309 g/mol. The van der Waals surface area contributed by atoms with Gasteiger partial charge < -0.3 is 19.5 Å². The van der Waals surface area contributed by atoms with E-state index < -0.39 is 5.97 Å². The Morgan fingerprint density at radius 1 is 1.18 bits per heavy atom. The highest BCUT2D eigenvalue weighted by atomic mass is 16.5. The summed E-state index contributed by atoms with van der Waals surface area (Å²) in [5.41, 5.74) is -0.00533. The molecule has 1 rings (SSSR count). The van der Waals surface area contributed by atoms with Crippen molar-refractivity contribution in [1.82, 2.24) is 4.90 Å². The molecule has 0 fully saturated rings. The van der Waals surface area contributed by atoms with Gasteiger partial charge in [0.15, 0.2) is 6.61 Å². The predicted octanol–water partition coefficient (Wildman–Crippen LogP) is 2.20. The number of phenols is 1. The fourth-order valence-electron chi connectivity index (χ4n) is 2.26. The number of phenolic OH excluding ortho intramolecular Hbond substituents is 1. The molecule has 122 valence electrons. The first-order valence-corrected chi connectivity index (χ1v) is 7.13. The van der Waals surface area contributed by atoms with Gasteiger partial charge in [0.2, 0.25) is 0 Å². The molecule has 6 nitrogen and oxygen atoms in total.